The van der Waals surface area contributed by atoms with Crippen LogP contribution in [0.25, 0.3) is 0 Å². The number of aryl methyl sites for hydroxylation is 2. The third-order valence-electron chi connectivity index (χ3n) is 9.24. The lowest BCUT2D eigenvalue weighted by Gasteiger charge is -2.31. The third-order valence-corrected chi connectivity index (χ3v) is 11.7. The lowest BCUT2D eigenvalue weighted by molar-refractivity contribution is -0.0729. The van der Waals surface area contributed by atoms with Crippen LogP contribution in [0, 0.1) is 0 Å². The van der Waals surface area contributed by atoms with Gasteiger partial charge in [-0.2, -0.15) is 14.5 Å². The van der Waals surface area contributed by atoms with Crippen LogP contribution in [-0.4, -0.2) is 91.6 Å². The second kappa shape index (κ2) is 16.0. The Morgan fingerprint density at radius 1 is 0.712 bits per heavy atom. The SMILES string of the molecule is COc1ccc(CN(Cc2ccc(OC)cc2)S(=O)(=O)c2cc(C3(O)CCOCC3)n(C)n2)cc1.Cn1nc(S(N)(=O)=O)cc1C1(O)CCOCC1. The minimum Gasteiger partial charge on any atom is -0.497 e. The summed E-state index contributed by atoms with van der Waals surface area (Å²) in [4.78, 5) is 0. The molecule has 4 heterocycles. The minimum atomic E-state index is -4.00. The quantitative estimate of drug-likeness (QED) is 0.200. The van der Waals surface area contributed by atoms with Gasteiger partial charge in [-0.05, 0) is 35.4 Å². The van der Waals surface area contributed by atoms with Crippen molar-refractivity contribution >= 4 is 20.0 Å². The topological polar surface area (TPSA) is 211 Å². The Hall–Kier alpha value is -3.88. The normalized spacial score (nSPS) is 17.3. The highest BCUT2D eigenvalue weighted by Gasteiger charge is 2.38. The summed E-state index contributed by atoms with van der Waals surface area (Å²) in [6.45, 7) is 1.97. The summed E-state index contributed by atoms with van der Waals surface area (Å²) in [7, 11) is -1.44. The highest BCUT2D eigenvalue weighted by molar-refractivity contribution is 7.89. The molecule has 2 aliphatic rings. The number of rotatable bonds is 11. The van der Waals surface area contributed by atoms with Gasteiger partial charge < -0.3 is 29.2 Å². The maximum absolute atomic E-state index is 13.8. The van der Waals surface area contributed by atoms with Crippen LogP contribution in [0.2, 0.25) is 0 Å². The molecule has 2 fully saturated rings. The molecule has 0 radical (unpaired) electrons. The van der Waals surface area contributed by atoms with E-state index in [0.29, 0.717) is 75.0 Å². The first-order valence-corrected chi connectivity index (χ1v) is 19.5. The second-order valence-corrected chi connectivity index (χ2v) is 16.2. The molecule has 0 unspecified atom stereocenters. The van der Waals surface area contributed by atoms with Gasteiger partial charge in [0.25, 0.3) is 20.0 Å². The van der Waals surface area contributed by atoms with Crippen molar-refractivity contribution in [3.8, 4) is 11.5 Å². The molecule has 0 atom stereocenters. The van der Waals surface area contributed by atoms with Gasteiger partial charge in [-0.25, -0.2) is 22.0 Å². The van der Waals surface area contributed by atoms with E-state index < -0.39 is 31.2 Å². The first-order valence-electron chi connectivity index (χ1n) is 16.6. The van der Waals surface area contributed by atoms with Gasteiger partial charge in [-0.3, -0.25) is 9.36 Å². The number of nitrogens with two attached hydrogens (primary N) is 1. The van der Waals surface area contributed by atoms with E-state index in [1.54, 1.807) is 52.6 Å². The fraction of sp³-hybridized carbons (Fsp3) is 0.471. The number of ether oxygens (including phenoxy) is 4. The van der Waals surface area contributed by atoms with Crippen LogP contribution >= 0.6 is 0 Å². The van der Waals surface area contributed by atoms with Crippen LogP contribution in [0.15, 0.2) is 70.7 Å². The average molecular weight is 763 g/mol. The van der Waals surface area contributed by atoms with Crippen LogP contribution in [0.5, 0.6) is 11.5 Å². The molecule has 2 saturated heterocycles. The molecule has 18 heteroatoms. The van der Waals surface area contributed by atoms with E-state index in [9.17, 15) is 27.0 Å². The van der Waals surface area contributed by atoms with Crippen molar-refractivity contribution in [3.63, 3.8) is 0 Å². The molecule has 0 amide bonds. The van der Waals surface area contributed by atoms with E-state index >= 15 is 0 Å². The Labute approximate surface area is 303 Å². The zero-order valence-electron chi connectivity index (χ0n) is 29.6. The molecule has 2 aromatic carbocycles. The van der Waals surface area contributed by atoms with Gasteiger partial charge >= 0.3 is 0 Å². The fourth-order valence-electron chi connectivity index (χ4n) is 6.18. The van der Waals surface area contributed by atoms with Crippen molar-refractivity contribution in [2.75, 3.05) is 40.6 Å². The molecular weight excluding hydrogens is 717 g/mol. The Bertz CT molecular complexity index is 1970. The largest absolute Gasteiger partial charge is 0.497 e. The number of methoxy groups -OCH3 is 2. The van der Waals surface area contributed by atoms with Gasteiger partial charge in [-0.1, -0.05) is 24.3 Å². The molecule has 0 spiro atoms. The molecule has 0 aliphatic carbocycles. The molecule has 6 rings (SSSR count). The minimum absolute atomic E-state index is 0.100. The maximum Gasteiger partial charge on any atom is 0.263 e. The number of aromatic nitrogens is 4. The van der Waals surface area contributed by atoms with Gasteiger partial charge in [0.15, 0.2) is 10.1 Å². The van der Waals surface area contributed by atoms with Gasteiger partial charge in [0.05, 0.1) is 25.6 Å². The molecule has 2 aliphatic heterocycles. The van der Waals surface area contributed by atoms with Crippen molar-refractivity contribution in [1.82, 2.24) is 23.9 Å². The summed E-state index contributed by atoms with van der Waals surface area (Å²) in [5, 5.41) is 34.4. The molecule has 0 bridgehead atoms. The highest BCUT2D eigenvalue weighted by Crippen LogP contribution is 2.34. The molecule has 2 aromatic heterocycles. The van der Waals surface area contributed by atoms with Gasteiger partial charge in [0.2, 0.25) is 0 Å². The van der Waals surface area contributed by atoms with Gasteiger partial charge in [-0.15, -0.1) is 0 Å². The Kier molecular flexibility index (Phi) is 12.1. The maximum atomic E-state index is 13.8. The van der Waals surface area contributed by atoms with E-state index in [2.05, 4.69) is 10.2 Å². The smallest absolute Gasteiger partial charge is 0.263 e. The highest BCUT2D eigenvalue weighted by atomic mass is 32.2. The lowest BCUT2D eigenvalue weighted by atomic mass is 9.91. The Morgan fingerprint density at radius 3 is 1.42 bits per heavy atom. The van der Waals surface area contributed by atoms with Gasteiger partial charge in [0, 0.05) is 91.4 Å². The predicted molar refractivity (Wildman–Crippen MR) is 188 cm³/mol. The molecular formula is C34H46N6O10S2. The summed E-state index contributed by atoms with van der Waals surface area (Å²) in [6, 6.07) is 17.3. The molecule has 284 valence electrons. The second-order valence-electron chi connectivity index (χ2n) is 12.8. The predicted octanol–water partition coefficient (Wildman–Crippen LogP) is 1.89. The van der Waals surface area contributed by atoms with Crippen LogP contribution in [0.1, 0.15) is 48.2 Å². The number of hydrogen-bond acceptors (Lipinski definition) is 12. The molecule has 52 heavy (non-hydrogen) atoms. The summed E-state index contributed by atoms with van der Waals surface area (Å²) in [6.07, 6.45) is 1.59. The number of nitrogens with zero attached hydrogens (tertiary/aromatic N) is 5. The molecule has 4 aromatic rings. The van der Waals surface area contributed by atoms with Crippen molar-refractivity contribution < 1.29 is 46.0 Å². The Morgan fingerprint density at radius 2 is 1.08 bits per heavy atom. The zero-order chi connectivity index (χ0) is 37.7. The summed E-state index contributed by atoms with van der Waals surface area (Å²) < 4.78 is 75.2. The van der Waals surface area contributed by atoms with Crippen molar-refractivity contribution in [1.29, 1.82) is 0 Å². The molecule has 0 saturated carbocycles. The van der Waals surface area contributed by atoms with Crippen LogP contribution < -0.4 is 14.6 Å². The molecule has 16 nitrogen and oxygen atoms in total. The fourth-order valence-corrected chi connectivity index (χ4v) is 8.08. The van der Waals surface area contributed by atoms with Crippen molar-refractivity contribution in [2.45, 2.75) is 60.0 Å². The zero-order valence-corrected chi connectivity index (χ0v) is 31.3. The first kappa shape index (κ1) is 39.3. The summed E-state index contributed by atoms with van der Waals surface area (Å²) in [5.41, 5.74) is 0.260. The first-order chi connectivity index (χ1) is 24.6. The van der Waals surface area contributed by atoms with Crippen molar-refractivity contribution in [2.24, 2.45) is 19.2 Å². The molecule has 4 N–H and O–H groups in total. The van der Waals surface area contributed by atoms with Gasteiger partial charge in [0.1, 0.15) is 22.7 Å². The number of primary sulfonamides is 1. The average Bonchev–Trinajstić information content (AvgIpc) is 3.74. The monoisotopic (exact) mass is 762 g/mol. The van der Waals surface area contributed by atoms with E-state index in [0.717, 1.165) is 11.1 Å². The number of sulfonamides is 2. The van der Waals surface area contributed by atoms with Crippen LogP contribution in [0.4, 0.5) is 0 Å². The summed E-state index contributed by atoms with van der Waals surface area (Å²) in [5.74, 6) is 1.38. The number of benzene rings is 2. The lowest BCUT2D eigenvalue weighted by Crippen LogP contribution is -2.35. The van der Waals surface area contributed by atoms with E-state index in [1.807, 2.05) is 24.3 Å². The van der Waals surface area contributed by atoms with Crippen molar-refractivity contribution in [3.05, 3.63) is 83.2 Å². The van der Waals surface area contributed by atoms with E-state index in [-0.39, 0.29) is 23.1 Å². The summed E-state index contributed by atoms with van der Waals surface area (Å²) >= 11 is 0. The number of aliphatic hydroxyl groups is 2. The number of hydrogen-bond donors (Lipinski definition) is 3. The standard InChI is InChI=1S/C25H31N3O6S.C9H15N3O4S/c1-27-23(25(29)12-14-34-15-13-25)16-24(26-27)35(30,31)28(17-19-4-8-21(32-2)9-5-19)18-20-6-10-22(33-3)11-7-20;1-12-7(6-8(11-12)17(10,14)15)9(13)2-4-16-5-3-9/h4-11,16,29H,12-15,17-18H2,1-3H3;6,13H,2-5H2,1H3,(H2,10,14,15). The van der Waals surface area contributed by atoms with E-state index in [4.69, 9.17) is 24.1 Å². The van der Waals surface area contributed by atoms with Crippen LogP contribution in [0.3, 0.4) is 0 Å². The van der Waals surface area contributed by atoms with E-state index in [1.165, 1.54) is 25.8 Å². The Balaban J connectivity index is 0.000000257. The van der Waals surface area contributed by atoms with Crippen LogP contribution in [-0.2, 0) is 67.9 Å². The third kappa shape index (κ3) is 9.00.